The Morgan fingerprint density at radius 3 is 1.88 bits per heavy atom. The Morgan fingerprint density at radius 2 is 1.34 bits per heavy atom. The summed E-state index contributed by atoms with van der Waals surface area (Å²) < 4.78 is 25.2. The van der Waals surface area contributed by atoms with Crippen LogP contribution in [0.2, 0.25) is 0 Å². The molecule has 3 aromatic rings. The fraction of sp³-hybridized carbons (Fsp3) is 0.269. The van der Waals surface area contributed by atoms with Crippen molar-refractivity contribution in [3.8, 4) is 11.1 Å². The highest BCUT2D eigenvalue weighted by atomic mass is 32.2. The van der Waals surface area contributed by atoms with E-state index in [9.17, 15) is 13.2 Å². The lowest BCUT2D eigenvalue weighted by molar-refractivity contribution is -0.122. The van der Waals surface area contributed by atoms with Gasteiger partial charge >= 0.3 is 0 Å². The Hall–Kier alpha value is -2.96. The molecule has 0 aliphatic rings. The van der Waals surface area contributed by atoms with Gasteiger partial charge in [0.05, 0.1) is 10.8 Å². The first-order valence-electron chi connectivity index (χ1n) is 10.7. The molecule has 0 aliphatic carbocycles. The Labute approximate surface area is 190 Å². The summed E-state index contributed by atoms with van der Waals surface area (Å²) in [6.45, 7) is 8.08. The molecule has 6 heteroatoms. The first-order chi connectivity index (χ1) is 15.2. The van der Waals surface area contributed by atoms with Crippen LogP contribution in [0, 0.1) is 12.8 Å². The standard InChI is InChI=1S/C26H30N2O3S/c1-18(2)17-21-7-11-22(12-8-21)20(4)26(29)27-28-32(30,31)25-15-13-24(14-16-25)23-9-5-19(3)6-10-23/h5-16,18,20,28H,17H2,1-4H3,(H,27,29). The normalized spacial score (nSPS) is 12.5. The molecule has 1 unspecified atom stereocenters. The van der Waals surface area contributed by atoms with E-state index in [1.165, 1.54) is 17.7 Å². The lowest BCUT2D eigenvalue weighted by atomic mass is 9.96. The van der Waals surface area contributed by atoms with Crippen molar-refractivity contribution < 1.29 is 13.2 Å². The van der Waals surface area contributed by atoms with Gasteiger partial charge in [0.15, 0.2) is 0 Å². The first-order valence-corrected chi connectivity index (χ1v) is 12.2. The Kier molecular flexibility index (Phi) is 7.48. The summed E-state index contributed by atoms with van der Waals surface area (Å²) >= 11 is 0. The number of carbonyl (C=O) groups is 1. The highest BCUT2D eigenvalue weighted by molar-refractivity contribution is 7.89. The zero-order valence-electron chi connectivity index (χ0n) is 18.9. The summed E-state index contributed by atoms with van der Waals surface area (Å²) in [5, 5.41) is 0. The fourth-order valence-corrected chi connectivity index (χ4v) is 4.27. The predicted octanol–water partition coefficient (Wildman–Crippen LogP) is 4.97. The van der Waals surface area contributed by atoms with E-state index < -0.39 is 21.8 Å². The van der Waals surface area contributed by atoms with E-state index in [1.807, 2.05) is 55.5 Å². The van der Waals surface area contributed by atoms with Gasteiger partial charge in [0.25, 0.3) is 10.0 Å². The fourth-order valence-electron chi connectivity index (χ4n) is 3.42. The number of hydrogen-bond acceptors (Lipinski definition) is 3. The van der Waals surface area contributed by atoms with Gasteiger partial charge < -0.3 is 0 Å². The van der Waals surface area contributed by atoms with Gasteiger partial charge in [-0.1, -0.05) is 80.1 Å². The van der Waals surface area contributed by atoms with Crippen molar-refractivity contribution >= 4 is 15.9 Å². The van der Waals surface area contributed by atoms with E-state index in [2.05, 4.69) is 24.1 Å². The summed E-state index contributed by atoms with van der Waals surface area (Å²) in [6.07, 6.45) is 0.976. The molecule has 2 N–H and O–H groups in total. The van der Waals surface area contributed by atoms with E-state index in [-0.39, 0.29) is 4.90 Å². The summed E-state index contributed by atoms with van der Waals surface area (Å²) in [5.74, 6) is -0.349. The second kappa shape index (κ2) is 10.1. The van der Waals surface area contributed by atoms with Crippen molar-refractivity contribution in [2.45, 2.75) is 44.9 Å². The van der Waals surface area contributed by atoms with Gasteiger partial charge in [0.2, 0.25) is 5.91 Å². The number of aryl methyl sites for hydroxylation is 1. The molecule has 32 heavy (non-hydrogen) atoms. The van der Waals surface area contributed by atoms with Gasteiger partial charge in [-0.25, -0.2) is 8.42 Å². The molecule has 0 radical (unpaired) electrons. The highest BCUT2D eigenvalue weighted by Gasteiger charge is 2.19. The summed E-state index contributed by atoms with van der Waals surface area (Å²) in [7, 11) is -3.88. The number of benzene rings is 3. The minimum atomic E-state index is -3.88. The molecule has 0 heterocycles. The molecule has 0 spiro atoms. The number of sulfonamides is 1. The van der Waals surface area contributed by atoms with E-state index in [0.717, 1.165) is 28.7 Å². The van der Waals surface area contributed by atoms with Crippen LogP contribution in [-0.4, -0.2) is 14.3 Å². The van der Waals surface area contributed by atoms with Crippen molar-refractivity contribution in [1.82, 2.24) is 10.3 Å². The van der Waals surface area contributed by atoms with E-state index in [1.54, 1.807) is 19.1 Å². The second-order valence-electron chi connectivity index (χ2n) is 8.55. The molecule has 168 valence electrons. The van der Waals surface area contributed by atoms with Crippen LogP contribution in [-0.2, 0) is 21.2 Å². The number of rotatable bonds is 8. The molecule has 3 aromatic carbocycles. The molecule has 0 aromatic heterocycles. The zero-order chi connectivity index (χ0) is 23.3. The zero-order valence-corrected chi connectivity index (χ0v) is 19.7. The molecule has 1 amide bonds. The molecule has 0 saturated heterocycles. The molecular weight excluding hydrogens is 420 g/mol. The number of nitrogens with one attached hydrogen (secondary N) is 2. The van der Waals surface area contributed by atoms with Gasteiger partial charge in [0.1, 0.15) is 0 Å². The summed E-state index contributed by atoms with van der Waals surface area (Å²) in [6, 6.07) is 22.4. The smallest absolute Gasteiger partial charge is 0.257 e. The van der Waals surface area contributed by atoms with Crippen LogP contribution in [0.1, 0.15) is 43.4 Å². The monoisotopic (exact) mass is 450 g/mol. The molecule has 1 atom stereocenters. The van der Waals surface area contributed by atoms with Crippen LogP contribution in [0.4, 0.5) is 0 Å². The maximum Gasteiger partial charge on any atom is 0.257 e. The molecule has 0 fully saturated rings. The van der Waals surface area contributed by atoms with Gasteiger partial charge in [-0.3, -0.25) is 10.2 Å². The van der Waals surface area contributed by atoms with E-state index in [4.69, 9.17) is 0 Å². The third-order valence-electron chi connectivity index (χ3n) is 5.38. The number of amides is 1. The largest absolute Gasteiger partial charge is 0.277 e. The molecule has 0 bridgehead atoms. The average molecular weight is 451 g/mol. The van der Waals surface area contributed by atoms with Crippen molar-refractivity contribution in [1.29, 1.82) is 0 Å². The van der Waals surface area contributed by atoms with Gasteiger partial charge in [-0.15, -0.1) is 4.83 Å². The lowest BCUT2D eigenvalue weighted by Crippen LogP contribution is -2.43. The second-order valence-corrected chi connectivity index (χ2v) is 10.2. The maximum absolute atomic E-state index is 12.6. The maximum atomic E-state index is 12.6. The number of hydrogen-bond donors (Lipinski definition) is 2. The Morgan fingerprint density at radius 1 is 0.812 bits per heavy atom. The van der Waals surface area contributed by atoms with Crippen molar-refractivity contribution in [2.75, 3.05) is 0 Å². The molecule has 0 aliphatic heterocycles. The van der Waals surface area contributed by atoms with E-state index in [0.29, 0.717) is 5.92 Å². The lowest BCUT2D eigenvalue weighted by Gasteiger charge is -2.14. The van der Waals surface area contributed by atoms with Crippen LogP contribution >= 0.6 is 0 Å². The topological polar surface area (TPSA) is 75.3 Å². The van der Waals surface area contributed by atoms with Crippen LogP contribution in [0.5, 0.6) is 0 Å². The number of carbonyl (C=O) groups excluding carboxylic acids is 1. The molecule has 5 nitrogen and oxygen atoms in total. The summed E-state index contributed by atoms with van der Waals surface area (Å²) in [4.78, 5) is 14.8. The molecule has 3 rings (SSSR count). The quantitative estimate of drug-likeness (QED) is 0.476. The van der Waals surface area contributed by atoms with Crippen LogP contribution in [0.25, 0.3) is 11.1 Å². The van der Waals surface area contributed by atoms with Crippen molar-refractivity contribution in [2.24, 2.45) is 5.92 Å². The Bertz CT molecular complexity index is 1150. The van der Waals surface area contributed by atoms with Crippen LogP contribution < -0.4 is 10.3 Å². The molecule has 0 saturated carbocycles. The molecular formula is C26H30N2O3S. The summed E-state index contributed by atoms with van der Waals surface area (Å²) in [5.41, 5.74) is 7.47. The average Bonchev–Trinajstić information content (AvgIpc) is 2.78. The third-order valence-corrected chi connectivity index (χ3v) is 6.64. The first kappa shape index (κ1) is 23.7. The van der Waals surface area contributed by atoms with Crippen molar-refractivity contribution in [3.05, 3.63) is 89.5 Å². The van der Waals surface area contributed by atoms with Crippen LogP contribution in [0.15, 0.2) is 77.7 Å². The third kappa shape index (κ3) is 6.05. The minimum Gasteiger partial charge on any atom is -0.277 e. The van der Waals surface area contributed by atoms with Gasteiger partial charge in [0, 0.05) is 0 Å². The van der Waals surface area contributed by atoms with E-state index >= 15 is 0 Å². The van der Waals surface area contributed by atoms with Gasteiger partial charge in [-0.05, 0) is 60.6 Å². The van der Waals surface area contributed by atoms with Crippen LogP contribution in [0.3, 0.4) is 0 Å². The van der Waals surface area contributed by atoms with Crippen molar-refractivity contribution in [3.63, 3.8) is 0 Å². The SMILES string of the molecule is Cc1ccc(-c2ccc(S(=O)(=O)NNC(=O)C(C)c3ccc(CC(C)C)cc3)cc2)cc1. The number of hydrazine groups is 1. The minimum absolute atomic E-state index is 0.0827. The highest BCUT2D eigenvalue weighted by Crippen LogP contribution is 2.22. The Balaban J connectivity index is 1.62. The predicted molar refractivity (Wildman–Crippen MR) is 128 cm³/mol. The van der Waals surface area contributed by atoms with Gasteiger partial charge in [-0.2, -0.15) is 0 Å².